The Bertz CT molecular complexity index is 511. The molecule has 17 heavy (non-hydrogen) atoms. The van der Waals surface area contributed by atoms with Gasteiger partial charge in [0.05, 0.1) is 7.11 Å². The molecule has 0 aliphatic rings. The molecule has 0 unspecified atom stereocenters. The van der Waals surface area contributed by atoms with Gasteiger partial charge in [-0.2, -0.15) is 0 Å². The van der Waals surface area contributed by atoms with Gasteiger partial charge >= 0.3 is 0 Å². The number of hydrogen-bond donors (Lipinski definition) is 0. The van der Waals surface area contributed by atoms with Gasteiger partial charge in [-0.15, -0.1) is 11.3 Å². The summed E-state index contributed by atoms with van der Waals surface area (Å²) in [6.45, 7) is 1.60. The van der Waals surface area contributed by atoms with Gasteiger partial charge in [-0.05, 0) is 30.7 Å². The SMILES string of the molecule is COc1ccc(Cc2cc(C(C)=O)cs2)cc1. The number of rotatable bonds is 4. The zero-order chi connectivity index (χ0) is 12.3. The van der Waals surface area contributed by atoms with E-state index in [9.17, 15) is 4.79 Å². The van der Waals surface area contributed by atoms with Crippen LogP contribution in [0.25, 0.3) is 0 Å². The third kappa shape index (κ3) is 2.94. The maximum Gasteiger partial charge on any atom is 0.160 e. The number of Topliss-reactive ketones (excluding diaryl/α,β-unsaturated/α-hetero) is 1. The molecule has 88 valence electrons. The summed E-state index contributed by atoms with van der Waals surface area (Å²) in [5.41, 5.74) is 2.03. The predicted octanol–water partition coefficient (Wildman–Crippen LogP) is 3.55. The monoisotopic (exact) mass is 246 g/mol. The second kappa shape index (κ2) is 5.15. The topological polar surface area (TPSA) is 26.3 Å². The van der Waals surface area contributed by atoms with Gasteiger partial charge in [0, 0.05) is 22.2 Å². The molecule has 0 bridgehead atoms. The van der Waals surface area contributed by atoms with Crippen molar-refractivity contribution in [2.45, 2.75) is 13.3 Å². The minimum atomic E-state index is 0.127. The van der Waals surface area contributed by atoms with Gasteiger partial charge in [0.25, 0.3) is 0 Å². The van der Waals surface area contributed by atoms with E-state index in [2.05, 4.69) is 0 Å². The number of hydrogen-bond acceptors (Lipinski definition) is 3. The summed E-state index contributed by atoms with van der Waals surface area (Å²) in [4.78, 5) is 12.4. The summed E-state index contributed by atoms with van der Waals surface area (Å²) in [7, 11) is 1.66. The molecule has 0 fully saturated rings. The zero-order valence-corrected chi connectivity index (χ0v) is 10.7. The fourth-order valence-electron chi connectivity index (χ4n) is 1.60. The highest BCUT2D eigenvalue weighted by Crippen LogP contribution is 2.20. The normalized spacial score (nSPS) is 10.2. The molecule has 0 aliphatic heterocycles. The number of methoxy groups -OCH3 is 1. The molecule has 0 aliphatic carbocycles. The van der Waals surface area contributed by atoms with Gasteiger partial charge in [0.2, 0.25) is 0 Å². The van der Waals surface area contributed by atoms with Crippen LogP contribution in [0.5, 0.6) is 5.75 Å². The Balaban J connectivity index is 2.11. The largest absolute Gasteiger partial charge is 0.497 e. The van der Waals surface area contributed by atoms with Crippen molar-refractivity contribution >= 4 is 17.1 Å². The van der Waals surface area contributed by atoms with E-state index in [1.807, 2.05) is 35.7 Å². The number of carbonyl (C=O) groups is 1. The van der Waals surface area contributed by atoms with Crippen molar-refractivity contribution in [3.63, 3.8) is 0 Å². The summed E-state index contributed by atoms with van der Waals surface area (Å²) in [5.74, 6) is 0.992. The fraction of sp³-hybridized carbons (Fsp3) is 0.214. The van der Waals surface area contributed by atoms with Crippen molar-refractivity contribution in [3.8, 4) is 5.75 Å². The average Bonchev–Trinajstić information content (AvgIpc) is 2.79. The molecular formula is C14H14O2S. The molecule has 3 heteroatoms. The minimum Gasteiger partial charge on any atom is -0.497 e. The highest BCUT2D eigenvalue weighted by molar-refractivity contribution is 7.10. The van der Waals surface area contributed by atoms with Gasteiger partial charge in [0.1, 0.15) is 5.75 Å². The lowest BCUT2D eigenvalue weighted by molar-refractivity contribution is 0.101. The molecule has 0 N–H and O–H groups in total. The van der Waals surface area contributed by atoms with E-state index >= 15 is 0 Å². The summed E-state index contributed by atoms with van der Waals surface area (Å²) < 4.78 is 5.11. The van der Waals surface area contributed by atoms with Crippen molar-refractivity contribution in [1.82, 2.24) is 0 Å². The van der Waals surface area contributed by atoms with Crippen molar-refractivity contribution in [1.29, 1.82) is 0 Å². The molecule has 1 aromatic carbocycles. The van der Waals surface area contributed by atoms with Crippen LogP contribution < -0.4 is 4.74 Å². The first-order chi connectivity index (χ1) is 8.19. The lowest BCUT2D eigenvalue weighted by atomic mass is 10.1. The molecule has 2 rings (SSSR count). The highest BCUT2D eigenvalue weighted by atomic mass is 32.1. The van der Waals surface area contributed by atoms with Gasteiger partial charge in [-0.1, -0.05) is 12.1 Å². The molecule has 0 atom stereocenters. The zero-order valence-electron chi connectivity index (χ0n) is 9.90. The Hall–Kier alpha value is -1.61. The lowest BCUT2D eigenvalue weighted by Gasteiger charge is -2.01. The number of ketones is 1. The third-order valence-electron chi connectivity index (χ3n) is 2.60. The van der Waals surface area contributed by atoms with E-state index in [0.717, 1.165) is 17.7 Å². The van der Waals surface area contributed by atoms with E-state index < -0.39 is 0 Å². The average molecular weight is 246 g/mol. The van der Waals surface area contributed by atoms with Crippen molar-refractivity contribution in [2.75, 3.05) is 7.11 Å². The standard InChI is InChI=1S/C14H14O2S/c1-10(15)12-8-14(17-9-12)7-11-3-5-13(16-2)6-4-11/h3-6,8-9H,7H2,1-2H3. The molecule has 0 radical (unpaired) electrons. The Labute approximate surface area is 105 Å². The Kier molecular flexibility index (Phi) is 3.59. The van der Waals surface area contributed by atoms with Crippen LogP contribution in [-0.4, -0.2) is 12.9 Å². The van der Waals surface area contributed by atoms with Crippen LogP contribution in [0, 0.1) is 0 Å². The molecule has 0 amide bonds. The first-order valence-electron chi connectivity index (χ1n) is 5.40. The summed E-state index contributed by atoms with van der Waals surface area (Å²) in [6.07, 6.45) is 0.863. The van der Waals surface area contributed by atoms with Crippen LogP contribution >= 0.6 is 11.3 Å². The molecule has 1 aromatic heterocycles. The third-order valence-corrected chi connectivity index (χ3v) is 3.53. The molecule has 2 aromatic rings. The quantitative estimate of drug-likeness (QED) is 0.771. The van der Waals surface area contributed by atoms with Crippen molar-refractivity contribution < 1.29 is 9.53 Å². The molecule has 2 nitrogen and oxygen atoms in total. The van der Waals surface area contributed by atoms with E-state index in [0.29, 0.717) is 0 Å². The lowest BCUT2D eigenvalue weighted by Crippen LogP contribution is -1.88. The number of benzene rings is 1. The number of thiophene rings is 1. The van der Waals surface area contributed by atoms with Crippen LogP contribution in [0.2, 0.25) is 0 Å². The van der Waals surface area contributed by atoms with Gasteiger partial charge in [0.15, 0.2) is 5.78 Å². The molecule has 0 saturated heterocycles. The summed E-state index contributed by atoms with van der Waals surface area (Å²) in [6, 6.07) is 9.97. The minimum absolute atomic E-state index is 0.127. The maximum atomic E-state index is 11.2. The summed E-state index contributed by atoms with van der Waals surface area (Å²) in [5, 5.41) is 1.92. The molecular weight excluding hydrogens is 232 g/mol. The first-order valence-corrected chi connectivity index (χ1v) is 6.28. The first kappa shape index (κ1) is 11.9. The molecule has 1 heterocycles. The second-order valence-electron chi connectivity index (χ2n) is 3.88. The van der Waals surface area contributed by atoms with Crippen LogP contribution in [0.1, 0.15) is 27.7 Å². The van der Waals surface area contributed by atoms with Gasteiger partial charge in [-0.3, -0.25) is 4.79 Å². The molecule has 0 saturated carbocycles. The Morgan fingerprint density at radius 3 is 2.53 bits per heavy atom. The van der Waals surface area contributed by atoms with Crippen LogP contribution in [0.4, 0.5) is 0 Å². The van der Waals surface area contributed by atoms with E-state index in [1.54, 1.807) is 25.4 Å². The van der Waals surface area contributed by atoms with Crippen molar-refractivity contribution in [3.05, 3.63) is 51.7 Å². The van der Waals surface area contributed by atoms with Gasteiger partial charge in [-0.25, -0.2) is 0 Å². The van der Waals surface area contributed by atoms with Crippen molar-refractivity contribution in [2.24, 2.45) is 0 Å². The van der Waals surface area contributed by atoms with Crippen LogP contribution in [0.3, 0.4) is 0 Å². The maximum absolute atomic E-state index is 11.2. The van der Waals surface area contributed by atoms with Crippen LogP contribution in [-0.2, 0) is 6.42 Å². The number of carbonyl (C=O) groups excluding carboxylic acids is 1. The predicted molar refractivity (Wildman–Crippen MR) is 70.1 cm³/mol. The number of ether oxygens (including phenoxy) is 1. The van der Waals surface area contributed by atoms with E-state index in [1.165, 1.54) is 10.4 Å². The van der Waals surface area contributed by atoms with E-state index in [-0.39, 0.29) is 5.78 Å². The fourth-order valence-corrected chi connectivity index (χ4v) is 2.56. The smallest absolute Gasteiger partial charge is 0.160 e. The van der Waals surface area contributed by atoms with Gasteiger partial charge < -0.3 is 4.74 Å². The molecule has 0 spiro atoms. The highest BCUT2D eigenvalue weighted by Gasteiger charge is 2.04. The Morgan fingerprint density at radius 1 is 1.29 bits per heavy atom. The Morgan fingerprint density at radius 2 is 2.00 bits per heavy atom. The van der Waals surface area contributed by atoms with Crippen LogP contribution in [0.15, 0.2) is 35.7 Å². The summed E-state index contributed by atoms with van der Waals surface area (Å²) >= 11 is 1.63. The second-order valence-corrected chi connectivity index (χ2v) is 4.88. The van der Waals surface area contributed by atoms with E-state index in [4.69, 9.17) is 4.74 Å².